The lowest BCUT2D eigenvalue weighted by Crippen LogP contribution is -2.49. The predicted octanol–water partition coefficient (Wildman–Crippen LogP) is 0.196. The number of likely N-dealkylation sites (tertiary alicyclic amines) is 1. The van der Waals surface area contributed by atoms with Crippen molar-refractivity contribution in [2.45, 2.75) is 32.2 Å². The first-order chi connectivity index (χ1) is 7.81. The van der Waals surface area contributed by atoms with Crippen molar-refractivity contribution in [3.63, 3.8) is 0 Å². The summed E-state index contributed by atoms with van der Waals surface area (Å²) < 4.78 is 0. The van der Waals surface area contributed by atoms with E-state index in [2.05, 4.69) is 22.5 Å². The summed E-state index contributed by atoms with van der Waals surface area (Å²) in [6.07, 6.45) is 3.58. The second-order valence-corrected chi connectivity index (χ2v) is 4.95. The van der Waals surface area contributed by atoms with Crippen LogP contribution in [0.5, 0.6) is 0 Å². The maximum absolute atomic E-state index is 11.7. The average Bonchev–Trinajstić information content (AvgIpc) is 2.75. The summed E-state index contributed by atoms with van der Waals surface area (Å²) in [5.74, 6) is 0.960. The van der Waals surface area contributed by atoms with Crippen LogP contribution in [-0.2, 0) is 4.79 Å². The van der Waals surface area contributed by atoms with E-state index in [0.29, 0.717) is 12.6 Å². The molecule has 0 aromatic carbocycles. The van der Waals surface area contributed by atoms with Crippen LogP contribution in [0.15, 0.2) is 0 Å². The summed E-state index contributed by atoms with van der Waals surface area (Å²) in [5.41, 5.74) is 0. The van der Waals surface area contributed by atoms with E-state index in [9.17, 15) is 4.79 Å². The molecule has 4 heteroatoms. The summed E-state index contributed by atoms with van der Waals surface area (Å²) in [7, 11) is 0. The molecule has 2 fully saturated rings. The highest BCUT2D eigenvalue weighted by Gasteiger charge is 2.35. The topological polar surface area (TPSA) is 44.4 Å². The molecule has 0 aromatic heterocycles. The van der Waals surface area contributed by atoms with Gasteiger partial charge in [-0.3, -0.25) is 9.69 Å². The maximum Gasteiger partial charge on any atom is 0.234 e. The zero-order valence-corrected chi connectivity index (χ0v) is 10.2. The average molecular weight is 225 g/mol. The number of nitrogens with one attached hydrogen (secondary N) is 2. The van der Waals surface area contributed by atoms with Crippen molar-refractivity contribution >= 4 is 5.91 Å². The fourth-order valence-electron chi connectivity index (χ4n) is 2.86. The minimum absolute atomic E-state index is 0.189. The molecule has 2 atom stereocenters. The first-order valence-electron chi connectivity index (χ1n) is 6.52. The number of carbonyl (C=O) groups excluding carboxylic acids is 1. The van der Waals surface area contributed by atoms with Crippen LogP contribution in [-0.4, -0.2) is 49.6 Å². The molecule has 0 radical (unpaired) electrons. The Morgan fingerprint density at radius 2 is 2.38 bits per heavy atom. The van der Waals surface area contributed by atoms with Crippen molar-refractivity contribution in [3.8, 4) is 0 Å². The number of carbonyl (C=O) groups is 1. The third-order valence-electron chi connectivity index (χ3n) is 3.71. The van der Waals surface area contributed by atoms with Crippen LogP contribution in [0.1, 0.15) is 26.2 Å². The van der Waals surface area contributed by atoms with Crippen molar-refractivity contribution in [3.05, 3.63) is 0 Å². The molecule has 2 aliphatic heterocycles. The van der Waals surface area contributed by atoms with Crippen LogP contribution < -0.4 is 10.6 Å². The Labute approximate surface area is 97.8 Å². The summed E-state index contributed by atoms with van der Waals surface area (Å²) in [6.45, 7) is 6.76. The lowest BCUT2D eigenvalue weighted by molar-refractivity contribution is -0.123. The molecule has 2 unspecified atom stereocenters. The van der Waals surface area contributed by atoms with Gasteiger partial charge in [0.25, 0.3) is 0 Å². The molecule has 0 saturated carbocycles. The van der Waals surface area contributed by atoms with Crippen LogP contribution >= 0.6 is 0 Å². The van der Waals surface area contributed by atoms with Crippen LogP contribution in [0.4, 0.5) is 0 Å². The normalized spacial score (nSPS) is 30.1. The quantitative estimate of drug-likeness (QED) is 0.718. The van der Waals surface area contributed by atoms with Gasteiger partial charge in [-0.05, 0) is 38.3 Å². The first kappa shape index (κ1) is 11.9. The van der Waals surface area contributed by atoms with Crippen molar-refractivity contribution in [2.24, 2.45) is 5.92 Å². The Hall–Kier alpha value is -0.610. The Bertz CT molecular complexity index is 244. The molecule has 2 aliphatic rings. The van der Waals surface area contributed by atoms with Crippen LogP contribution in [0.3, 0.4) is 0 Å². The van der Waals surface area contributed by atoms with Gasteiger partial charge in [0.1, 0.15) is 0 Å². The van der Waals surface area contributed by atoms with Gasteiger partial charge in [-0.2, -0.15) is 0 Å². The lowest BCUT2D eigenvalue weighted by atomic mass is 9.92. The second kappa shape index (κ2) is 5.64. The van der Waals surface area contributed by atoms with Gasteiger partial charge in [0.15, 0.2) is 0 Å². The largest absolute Gasteiger partial charge is 0.355 e. The molecule has 16 heavy (non-hydrogen) atoms. The maximum atomic E-state index is 11.7. The van der Waals surface area contributed by atoms with Gasteiger partial charge in [0.05, 0.1) is 6.54 Å². The standard InChI is InChI=1S/C12H23N3O/c1-2-5-14-12(16)9-15-6-3-4-10-7-13-8-11(10)15/h10-11,13H,2-9H2,1H3,(H,14,16). The Morgan fingerprint density at radius 3 is 3.19 bits per heavy atom. The van der Waals surface area contributed by atoms with E-state index in [1.807, 2.05) is 0 Å². The summed E-state index contributed by atoms with van der Waals surface area (Å²) in [4.78, 5) is 14.0. The van der Waals surface area contributed by atoms with Crippen LogP contribution in [0, 0.1) is 5.92 Å². The number of hydrogen-bond donors (Lipinski definition) is 2. The fourth-order valence-corrected chi connectivity index (χ4v) is 2.86. The Kier molecular flexibility index (Phi) is 4.18. The van der Waals surface area contributed by atoms with E-state index in [1.165, 1.54) is 12.8 Å². The Morgan fingerprint density at radius 1 is 1.50 bits per heavy atom. The number of amides is 1. The van der Waals surface area contributed by atoms with E-state index >= 15 is 0 Å². The van der Waals surface area contributed by atoms with Crippen molar-refractivity contribution in [1.82, 2.24) is 15.5 Å². The molecule has 2 N–H and O–H groups in total. The van der Waals surface area contributed by atoms with Crippen molar-refractivity contribution in [1.29, 1.82) is 0 Å². The molecule has 0 aromatic rings. The zero-order chi connectivity index (χ0) is 11.4. The Balaban J connectivity index is 1.81. The molecule has 0 bridgehead atoms. The highest BCUT2D eigenvalue weighted by molar-refractivity contribution is 5.78. The number of hydrogen-bond acceptors (Lipinski definition) is 3. The fraction of sp³-hybridized carbons (Fsp3) is 0.917. The van der Waals surface area contributed by atoms with E-state index in [0.717, 1.165) is 38.5 Å². The van der Waals surface area contributed by atoms with E-state index in [-0.39, 0.29) is 5.91 Å². The zero-order valence-electron chi connectivity index (χ0n) is 10.2. The van der Waals surface area contributed by atoms with Crippen molar-refractivity contribution in [2.75, 3.05) is 32.7 Å². The molecule has 0 spiro atoms. The minimum atomic E-state index is 0.189. The monoisotopic (exact) mass is 225 g/mol. The van der Waals surface area contributed by atoms with E-state index < -0.39 is 0 Å². The number of rotatable bonds is 4. The molecule has 2 rings (SSSR count). The van der Waals surface area contributed by atoms with Gasteiger partial charge in [0.2, 0.25) is 5.91 Å². The summed E-state index contributed by atoms with van der Waals surface area (Å²) >= 11 is 0. The molecule has 2 saturated heterocycles. The van der Waals surface area contributed by atoms with Gasteiger partial charge < -0.3 is 10.6 Å². The highest BCUT2D eigenvalue weighted by Crippen LogP contribution is 2.25. The van der Waals surface area contributed by atoms with Crippen LogP contribution in [0.2, 0.25) is 0 Å². The smallest absolute Gasteiger partial charge is 0.234 e. The molecular weight excluding hydrogens is 202 g/mol. The number of piperidine rings is 1. The SMILES string of the molecule is CCCNC(=O)CN1CCCC2CNCC21. The second-order valence-electron chi connectivity index (χ2n) is 4.95. The van der Waals surface area contributed by atoms with Gasteiger partial charge in [-0.25, -0.2) is 0 Å². The third-order valence-corrected chi connectivity index (χ3v) is 3.71. The summed E-state index contributed by atoms with van der Waals surface area (Å²) in [5, 5.41) is 6.40. The number of fused-ring (bicyclic) bond motifs is 1. The van der Waals surface area contributed by atoms with Gasteiger partial charge >= 0.3 is 0 Å². The van der Waals surface area contributed by atoms with Crippen molar-refractivity contribution < 1.29 is 4.79 Å². The van der Waals surface area contributed by atoms with E-state index in [4.69, 9.17) is 0 Å². The first-order valence-corrected chi connectivity index (χ1v) is 6.52. The third kappa shape index (κ3) is 2.74. The molecule has 92 valence electrons. The lowest BCUT2D eigenvalue weighted by Gasteiger charge is -2.36. The predicted molar refractivity (Wildman–Crippen MR) is 64.3 cm³/mol. The van der Waals surface area contributed by atoms with Gasteiger partial charge in [-0.1, -0.05) is 6.92 Å². The molecule has 2 heterocycles. The van der Waals surface area contributed by atoms with Gasteiger partial charge in [-0.15, -0.1) is 0 Å². The molecule has 1 amide bonds. The minimum Gasteiger partial charge on any atom is -0.355 e. The highest BCUT2D eigenvalue weighted by atomic mass is 16.2. The molecule has 4 nitrogen and oxygen atoms in total. The van der Waals surface area contributed by atoms with Gasteiger partial charge in [0, 0.05) is 19.1 Å². The molecule has 0 aliphatic carbocycles. The molecular formula is C12H23N3O. The number of nitrogens with zero attached hydrogens (tertiary/aromatic N) is 1. The summed E-state index contributed by atoms with van der Waals surface area (Å²) in [6, 6.07) is 0.598. The van der Waals surface area contributed by atoms with Crippen LogP contribution in [0.25, 0.3) is 0 Å². The van der Waals surface area contributed by atoms with E-state index in [1.54, 1.807) is 0 Å².